The first-order valence-electron chi connectivity index (χ1n) is 9.54. The molecule has 30 heavy (non-hydrogen) atoms. The number of aliphatic hydroxyl groups is 5. The van der Waals surface area contributed by atoms with Gasteiger partial charge in [0.1, 0.15) is 53.6 Å². The van der Waals surface area contributed by atoms with Crippen LogP contribution in [0.25, 0.3) is 11.0 Å². The van der Waals surface area contributed by atoms with Crippen LogP contribution in [0.15, 0.2) is 33.5 Å². The molecule has 4 rings (SSSR count). The van der Waals surface area contributed by atoms with Crippen molar-refractivity contribution in [3.63, 3.8) is 0 Å². The monoisotopic (exact) mass is 424 g/mol. The molecule has 0 saturated carbocycles. The van der Waals surface area contributed by atoms with Gasteiger partial charge in [-0.05, 0) is 32.0 Å². The van der Waals surface area contributed by atoms with E-state index < -0.39 is 60.7 Å². The number of ether oxygens (including phenoxy) is 3. The normalized spacial score (nSPS) is 35.6. The Morgan fingerprint density at radius 2 is 1.73 bits per heavy atom. The Hall–Kier alpha value is -2.05. The van der Waals surface area contributed by atoms with E-state index in [0.717, 1.165) is 0 Å². The predicted octanol–water partition coefficient (Wildman–Crippen LogP) is -0.818. The van der Waals surface area contributed by atoms with Gasteiger partial charge in [0.15, 0.2) is 6.29 Å². The summed E-state index contributed by atoms with van der Waals surface area (Å²) in [5.41, 5.74) is -1.36. The molecule has 2 aliphatic heterocycles. The maximum absolute atomic E-state index is 11.7. The molecule has 10 heteroatoms. The molecule has 0 radical (unpaired) electrons. The lowest BCUT2D eigenvalue weighted by molar-refractivity contribution is -0.330. The van der Waals surface area contributed by atoms with Crippen LogP contribution in [-0.2, 0) is 9.47 Å². The smallest absolute Gasteiger partial charge is 0.336 e. The van der Waals surface area contributed by atoms with Crippen LogP contribution < -0.4 is 10.4 Å². The van der Waals surface area contributed by atoms with E-state index in [0.29, 0.717) is 11.1 Å². The third-order valence-corrected chi connectivity index (χ3v) is 5.56. The quantitative estimate of drug-likeness (QED) is 0.394. The molecule has 0 bridgehead atoms. The lowest BCUT2D eigenvalue weighted by Gasteiger charge is -2.46. The van der Waals surface area contributed by atoms with Crippen molar-refractivity contribution in [3.8, 4) is 5.75 Å². The molecule has 1 saturated heterocycles. The number of aliphatic hydroxyl groups excluding tert-OH is 5. The molecule has 0 amide bonds. The number of rotatable bonds is 3. The number of benzene rings is 1. The molecule has 7 atom stereocenters. The number of fused-ring (bicyclic) bond motifs is 3. The van der Waals surface area contributed by atoms with E-state index in [-0.39, 0.29) is 11.1 Å². The van der Waals surface area contributed by atoms with E-state index in [1.165, 1.54) is 6.07 Å². The lowest BCUT2D eigenvalue weighted by atomic mass is 9.87. The molecule has 1 fully saturated rings. The zero-order valence-electron chi connectivity index (χ0n) is 16.3. The van der Waals surface area contributed by atoms with Gasteiger partial charge < -0.3 is 44.2 Å². The summed E-state index contributed by atoms with van der Waals surface area (Å²) in [5, 5.41) is 51.3. The SMILES string of the molecule is CC1(C)Oc2ccc3ccc(=O)oc3c2[C@@H](O)[C@@H]1O[C@@H]1O[C@H](CO)[C@@H](O)[C@H](O)[C@H]1O. The largest absolute Gasteiger partial charge is 0.484 e. The van der Waals surface area contributed by atoms with Crippen LogP contribution in [0, 0.1) is 0 Å². The fourth-order valence-electron chi connectivity index (χ4n) is 3.94. The summed E-state index contributed by atoms with van der Waals surface area (Å²) in [4.78, 5) is 11.7. The van der Waals surface area contributed by atoms with Crippen molar-refractivity contribution in [3.05, 3.63) is 40.2 Å². The van der Waals surface area contributed by atoms with E-state index in [4.69, 9.17) is 18.6 Å². The summed E-state index contributed by atoms with van der Waals surface area (Å²) < 4.78 is 22.5. The third kappa shape index (κ3) is 3.40. The maximum Gasteiger partial charge on any atom is 0.336 e. The van der Waals surface area contributed by atoms with Gasteiger partial charge in [0, 0.05) is 11.5 Å². The summed E-state index contributed by atoms with van der Waals surface area (Å²) in [6.45, 7) is 2.69. The van der Waals surface area contributed by atoms with E-state index >= 15 is 0 Å². The van der Waals surface area contributed by atoms with Gasteiger partial charge in [0.25, 0.3) is 0 Å². The summed E-state index contributed by atoms with van der Waals surface area (Å²) in [6, 6.07) is 6.16. The Bertz CT molecular complexity index is 983. The summed E-state index contributed by atoms with van der Waals surface area (Å²) >= 11 is 0. The van der Waals surface area contributed by atoms with Gasteiger partial charge in [-0.15, -0.1) is 0 Å². The highest BCUT2D eigenvalue weighted by molar-refractivity contribution is 5.83. The van der Waals surface area contributed by atoms with E-state index in [9.17, 15) is 30.3 Å². The van der Waals surface area contributed by atoms with Gasteiger partial charge in [-0.3, -0.25) is 0 Å². The average molecular weight is 424 g/mol. The molecule has 1 aromatic carbocycles. The van der Waals surface area contributed by atoms with Crippen LogP contribution in [0.5, 0.6) is 5.75 Å². The van der Waals surface area contributed by atoms with Crippen LogP contribution in [0.4, 0.5) is 0 Å². The Morgan fingerprint density at radius 3 is 2.43 bits per heavy atom. The summed E-state index contributed by atoms with van der Waals surface area (Å²) in [5.74, 6) is 0.308. The molecule has 0 unspecified atom stereocenters. The zero-order valence-corrected chi connectivity index (χ0v) is 16.3. The highest BCUT2D eigenvalue weighted by Crippen LogP contribution is 2.45. The van der Waals surface area contributed by atoms with Crippen molar-refractivity contribution in [2.45, 2.75) is 62.4 Å². The van der Waals surface area contributed by atoms with Crippen LogP contribution in [-0.4, -0.2) is 74.6 Å². The van der Waals surface area contributed by atoms with Crippen LogP contribution in [0.1, 0.15) is 25.5 Å². The van der Waals surface area contributed by atoms with Crippen molar-refractivity contribution in [1.82, 2.24) is 0 Å². The minimum absolute atomic E-state index is 0.144. The highest BCUT2D eigenvalue weighted by Gasteiger charge is 2.51. The molecular weight excluding hydrogens is 400 g/mol. The van der Waals surface area contributed by atoms with E-state index in [1.54, 1.807) is 32.0 Å². The zero-order chi connectivity index (χ0) is 21.8. The summed E-state index contributed by atoms with van der Waals surface area (Å²) in [6.07, 6.45) is -9.90. The Balaban J connectivity index is 1.71. The number of hydrogen-bond acceptors (Lipinski definition) is 10. The van der Waals surface area contributed by atoms with Crippen LogP contribution >= 0.6 is 0 Å². The second-order valence-corrected chi connectivity index (χ2v) is 8.05. The van der Waals surface area contributed by atoms with Crippen molar-refractivity contribution in [2.24, 2.45) is 0 Å². The minimum atomic E-state index is -1.64. The molecule has 3 heterocycles. The molecule has 2 aromatic rings. The van der Waals surface area contributed by atoms with Crippen molar-refractivity contribution in [2.75, 3.05) is 6.61 Å². The van der Waals surface area contributed by atoms with E-state index in [1.807, 2.05) is 0 Å². The molecule has 0 spiro atoms. The molecule has 164 valence electrons. The van der Waals surface area contributed by atoms with E-state index in [2.05, 4.69) is 0 Å². The Labute approximate surface area is 170 Å². The fourth-order valence-corrected chi connectivity index (χ4v) is 3.94. The second kappa shape index (κ2) is 7.57. The topological polar surface area (TPSA) is 159 Å². The Morgan fingerprint density at radius 1 is 1.03 bits per heavy atom. The van der Waals surface area contributed by atoms with Crippen LogP contribution in [0.3, 0.4) is 0 Å². The van der Waals surface area contributed by atoms with Crippen molar-refractivity contribution in [1.29, 1.82) is 0 Å². The number of hydrogen-bond donors (Lipinski definition) is 5. The molecule has 10 nitrogen and oxygen atoms in total. The van der Waals surface area contributed by atoms with Gasteiger partial charge in [-0.25, -0.2) is 4.79 Å². The van der Waals surface area contributed by atoms with Gasteiger partial charge in [0.05, 0.1) is 12.2 Å². The first-order valence-corrected chi connectivity index (χ1v) is 9.54. The standard InChI is InChI=1S/C20H24O10/c1-20(2)18(29-19-16(26)15(25)13(23)10(7-21)27-19)14(24)12-9(30-20)5-3-8-4-6-11(22)28-17(8)12/h3-6,10,13-16,18-19,21,23-26H,7H2,1-2H3/t10-,13-,14-,15+,16-,18+,19+/m1/s1. The van der Waals surface area contributed by atoms with Gasteiger partial charge in [-0.2, -0.15) is 0 Å². The molecule has 5 N–H and O–H groups in total. The first kappa shape index (κ1) is 21.2. The van der Waals surface area contributed by atoms with Crippen LogP contribution in [0.2, 0.25) is 0 Å². The molecule has 2 aliphatic rings. The molecule has 1 aromatic heterocycles. The predicted molar refractivity (Wildman–Crippen MR) is 101 cm³/mol. The molecular formula is C20H24O10. The Kier molecular flexibility index (Phi) is 5.35. The first-order chi connectivity index (χ1) is 14.1. The second-order valence-electron chi connectivity index (χ2n) is 8.05. The highest BCUT2D eigenvalue weighted by atomic mass is 16.7. The van der Waals surface area contributed by atoms with Crippen molar-refractivity contribution < 1.29 is 44.2 Å². The fraction of sp³-hybridized carbons (Fsp3) is 0.550. The third-order valence-electron chi connectivity index (χ3n) is 5.56. The maximum atomic E-state index is 11.7. The van der Waals surface area contributed by atoms with Gasteiger partial charge >= 0.3 is 5.63 Å². The minimum Gasteiger partial charge on any atom is -0.484 e. The summed E-state index contributed by atoms with van der Waals surface area (Å²) in [7, 11) is 0. The average Bonchev–Trinajstić information content (AvgIpc) is 2.69. The van der Waals surface area contributed by atoms with Gasteiger partial charge in [-0.1, -0.05) is 0 Å². The van der Waals surface area contributed by atoms with Gasteiger partial charge in [0.2, 0.25) is 0 Å². The van der Waals surface area contributed by atoms with Crippen molar-refractivity contribution >= 4 is 11.0 Å². The lowest BCUT2D eigenvalue weighted by Crippen LogP contribution is -2.62. The molecule has 0 aliphatic carbocycles.